The molecule has 138 valence electrons. The van der Waals surface area contributed by atoms with Crippen molar-refractivity contribution in [3.63, 3.8) is 0 Å². The van der Waals surface area contributed by atoms with Gasteiger partial charge in [0.15, 0.2) is 17.3 Å². The maximum absolute atomic E-state index is 12.4. The van der Waals surface area contributed by atoms with Crippen molar-refractivity contribution < 1.29 is 23.7 Å². The Kier molecular flexibility index (Phi) is 4.92. The fourth-order valence-corrected chi connectivity index (χ4v) is 3.72. The fourth-order valence-electron chi connectivity index (χ4n) is 3.72. The van der Waals surface area contributed by atoms with E-state index in [9.17, 15) is 4.79 Å². The first kappa shape index (κ1) is 18.3. The lowest BCUT2D eigenvalue weighted by molar-refractivity contribution is -0.112. The smallest absolute Gasteiger partial charge is 0.185 e. The fraction of sp³-hybridized carbons (Fsp3) is 0.381. The molecule has 3 rings (SSSR count). The van der Waals surface area contributed by atoms with Crippen molar-refractivity contribution in [3.05, 3.63) is 59.9 Å². The van der Waals surface area contributed by atoms with Gasteiger partial charge in [0, 0.05) is 24.7 Å². The highest BCUT2D eigenvalue weighted by Gasteiger charge is 2.53. The van der Waals surface area contributed by atoms with E-state index in [-0.39, 0.29) is 17.8 Å². The van der Waals surface area contributed by atoms with Crippen molar-refractivity contribution in [1.29, 1.82) is 0 Å². The zero-order valence-corrected chi connectivity index (χ0v) is 15.6. The number of rotatable bonds is 6. The average Bonchev–Trinajstić information content (AvgIpc) is 2.94. The van der Waals surface area contributed by atoms with Gasteiger partial charge in [-0.25, -0.2) is 0 Å². The van der Waals surface area contributed by atoms with Crippen molar-refractivity contribution >= 4 is 5.78 Å². The van der Waals surface area contributed by atoms with Gasteiger partial charge in [-0.2, -0.15) is 0 Å². The summed E-state index contributed by atoms with van der Waals surface area (Å²) in [6, 6.07) is 5.70. The monoisotopic (exact) mass is 356 g/mol. The second-order valence-electron chi connectivity index (χ2n) is 6.47. The molecule has 0 saturated carbocycles. The van der Waals surface area contributed by atoms with Crippen LogP contribution in [0.3, 0.4) is 0 Å². The molecule has 2 aliphatic rings. The van der Waals surface area contributed by atoms with Crippen molar-refractivity contribution in [3.8, 4) is 11.5 Å². The summed E-state index contributed by atoms with van der Waals surface area (Å²) in [5.74, 6) is 1.74. The molecule has 5 nitrogen and oxygen atoms in total. The Balaban J connectivity index is 2.03. The third-order valence-corrected chi connectivity index (χ3v) is 5.18. The third kappa shape index (κ3) is 2.72. The van der Waals surface area contributed by atoms with Crippen LogP contribution in [0.4, 0.5) is 0 Å². The Morgan fingerprint density at radius 2 is 1.96 bits per heavy atom. The van der Waals surface area contributed by atoms with Gasteiger partial charge < -0.3 is 18.9 Å². The Morgan fingerprint density at radius 3 is 2.58 bits per heavy atom. The normalized spacial score (nSPS) is 27.2. The van der Waals surface area contributed by atoms with Gasteiger partial charge in [0.25, 0.3) is 0 Å². The number of hydrogen-bond acceptors (Lipinski definition) is 5. The summed E-state index contributed by atoms with van der Waals surface area (Å²) in [5, 5.41) is 0. The van der Waals surface area contributed by atoms with Crippen LogP contribution in [0.2, 0.25) is 0 Å². The maximum atomic E-state index is 12.4. The maximum Gasteiger partial charge on any atom is 0.185 e. The van der Waals surface area contributed by atoms with Gasteiger partial charge in [0.1, 0.15) is 17.5 Å². The molecule has 1 aliphatic heterocycles. The Hall–Kier alpha value is -2.53. The van der Waals surface area contributed by atoms with Crippen LogP contribution in [0.5, 0.6) is 11.5 Å². The number of methoxy groups -OCH3 is 3. The quantitative estimate of drug-likeness (QED) is 0.727. The molecule has 1 aromatic carbocycles. The molecule has 0 amide bonds. The molecule has 0 unspecified atom stereocenters. The molecule has 1 heterocycles. The van der Waals surface area contributed by atoms with Gasteiger partial charge in [-0.05, 0) is 30.2 Å². The zero-order chi connectivity index (χ0) is 18.9. The van der Waals surface area contributed by atoms with E-state index in [1.54, 1.807) is 33.5 Å². The summed E-state index contributed by atoms with van der Waals surface area (Å²) in [5.41, 5.74) is 0.853. The van der Waals surface area contributed by atoms with Crippen molar-refractivity contribution in [2.45, 2.75) is 25.0 Å². The van der Waals surface area contributed by atoms with E-state index in [0.717, 1.165) is 5.56 Å². The molecule has 5 heteroatoms. The van der Waals surface area contributed by atoms with Crippen molar-refractivity contribution in [1.82, 2.24) is 0 Å². The molecule has 0 bridgehead atoms. The van der Waals surface area contributed by atoms with Gasteiger partial charge in [-0.3, -0.25) is 4.79 Å². The van der Waals surface area contributed by atoms with Crippen LogP contribution in [0.1, 0.15) is 25.0 Å². The molecule has 0 spiro atoms. The van der Waals surface area contributed by atoms with Gasteiger partial charge in [0.05, 0.1) is 14.2 Å². The minimum absolute atomic E-state index is 0.0373. The molecule has 0 aromatic heterocycles. The van der Waals surface area contributed by atoms with E-state index in [1.807, 2.05) is 24.3 Å². The summed E-state index contributed by atoms with van der Waals surface area (Å²) in [6.45, 7) is 5.79. The Labute approximate surface area is 153 Å². The lowest BCUT2D eigenvalue weighted by atomic mass is 9.78. The number of carbonyl (C=O) groups excluding carboxylic acids is 1. The van der Waals surface area contributed by atoms with Gasteiger partial charge in [0.2, 0.25) is 0 Å². The number of fused-ring (bicyclic) bond motifs is 1. The Bertz CT molecular complexity index is 792. The van der Waals surface area contributed by atoms with E-state index in [1.165, 1.54) is 0 Å². The van der Waals surface area contributed by atoms with E-state index in [4.69, 9.17) is 18.9 Å². The zero-order valence-electron chi connectivity index (χ0n) is 15.6. The molecule has 1 aromatic rings. The van der Waals surface area contributed by atoms with E-state index >= 15 is 0 Å². The topological polar surface area (TPSA) is 54.0 Å². The first-order chi connectivity index (χ1) is 12.5. The van der Waals surface area contributed by atoms with Crippen LogP contribution in [0.15, 0.2) is 54.3 Å². The molecule has 0 N–H and O–H groups in total. The first-order valence-corrected chi connectivity index (χ1v) is 8.53. The minimum Gasteiger partial charge on any atom is -0.493 e. The summed E-state index contributed by atoms with van der Waals surface area (Å²) in [4.78, 5) is 12.4. The van der Waals surface area contributed by atoms with Crippen LogP contribution in [0, 0.1) is 5.92 Å². The molecule has 0 radical (unpaired) electrons. The summed E-state index contributed by atoms with van der Waals surface area (Å²) >= 11 is 0. The van der Waals surface area contributed by atoms with Crippen LogP contribution in [-0.4, -0.2) is 32.7 Å². The van der Waals surface area contributed by atoms with Gasteiger partial charge in [-0.15, -0.1) is 6.58 Å². The highest BCUT2D eigenvalue weighted by molar-refractivity contribution is 6.06. The van der Waals surface area contributed by atoms with E-state index in [2.05, 4.69) is 13.5 Å². The average molecular weight is 356 g/mol. The summed E-state index contributed by atoms with van der Waals surface area (Å²) in [7, 11) is 4.84. The molecule has 3 atom stereocenters. The second-order valence-corrected chi connectivity index (χ2v) is 6.47. The lowest BCUT2D eigenvalue weighted by Gasteiger charge is -2.31. The van der Waals surface area contributed by atoms with E-state index in [0.29, 0.717) is 29.3 Å². The second kappa shape index (κ2) is 7.00. The minimum atomic E-state index is -0.760. The summed E-state index contributed by atoms with van der Waals surface area (Å²) in [6.07, 6.45) is 5.38. The van der Waals surface area contributed by atoms with Crippen LogP contribution in [-0.2, 0) is 14.3 Å². The Morgan fingerprint density at radius 1 is 1.23 bits per heavy atom. The van der Waals surface area contributed by atoms with Crippen molar-refractivity contribution in [2.75, 3.05) is 21.3 Å². The number of benzene rings is 1. The SMILES string of the molecule is C=CCC1=C[C@]2(OC)C(=CC1=O)O[C@@H](c1ccc(OC)c(OC)c1)[C@H]2C. The highest BCUT2D eigenvalue weighted by atomic mass is 16.6. The standard InChI is InChI=1S/C21H24O5/c1-6-7-15-12-21(25-5)13(2)20(26-19(21)11-16(15)22)14-8-9-17(23-3)18(10-14)24-4/h6,8-13,20H,1,7H2,2-5H3/t13-,20-,21-/m1/s1. The third-order valence-electron chi connectivity index (χ3n) is 5.18. The lowest BCUT2D eigenvalue weighted by Crippen LogP contribution is -2.38. The summed E-state index contributed by atoms with van der Waals surface area (Å²) < 4.78 is 22.8. The molecule has 1 saturated heterocycles. The number of hydrogen-bond donors (Lipinski definition) is 0. The van der Waals surface area contributed by atoms with Gasteiger partial charge >= 0.3 is 0 Å². The van der Waals surface area contributed by atoms with Crippen LogP contribution >= 0.6 is 0 Å². The predicted molar refractivity (Wildman–Crippen MR) is 98.3 cm³/mol. The largest absolute Gasteiger partial charge is 0.493 e. The predicted octanol–water partition coefficient (Wildman–Crippen LogP) is 3.77. The number of carbonyl (C=O) groups is 1. The first-order valence-electron chi connectivity index (χ1n) is 8.53. The number of allylic oxidation sites excluding steroid dienone is 3. The van der Waals surface area contributed by atoms with Gasteiger partial charge in [-0.1, -0.05) is 19.1 Å². The molecule has 1 fully saturated rings. The molecular formula is C21H24O5. The van der Waals surface area contributed by atoms with Crippen molar-refractivity contribution in [2.24, 2.45) is 5.92 Å². The van der Waals surface area contributed by atoms with Crippen LogP contribution < -0.4 is 9.47 Å². The molecule has 26 heavy (non-hydrogen) atoms. The molecular weight excluding hydrogens is 332 g/mol. The highest BCUT2D eigenvalue weighted by Crippen LogP contribution is 2.52. The molecule has 1 aliphatic carbocycles. The van der Waals surface area contributed by atoms with E-state index < -0.39 is 5.60 Å². The number of ether oxygens (including phenoxy) is 4. The number of ketones is 1. The van der Waals surface area contributed by atoms with Crippen LogP contribution in [0.25, 0.3) is 0 Å².